The summed E-state index contributed by atoms with van der Waals surface area (Å²) in [6.45, 7) is 1.61. The van der Waals surface area contributed by atoms with E-state index in [0.29, 0.717) is 23.2 Å². The third-order valence-corrected chi connectivity index (χ3v) is 4.13. The van der Waals surface area contributed by atoms with E-state index in [4.69, 9.17) is 0 Å². The van der Waals surface area contributed by atoms with Crippen LogP contribution in [0.3, 0.4) is 0 Å². The van der Waals surface area contributed by atoms with Gasteiger partial charge >= 0.3 is 6.18 Å². The maximum atomic E-state index is 13.0. The first-order valence-corrected chi connectivity index (χ1v) is 7.62. The number of benzene rings is 1. The molecule has 0 bridgehead atoms. The van der Waals surface area contributed by atoms with Crippen LogP contribution >= 0.6 is 0 Å². The highest BCUT2D eigenvalue weighted by Gasteiger charge is 2.30. The van der Waals surface area contributed by atoms with Gasteiger partial charge in [0.25, 0.3) is 5.56 Å². The number of carbonyl (C=O) groups excluding carboxylic acids is 1. The molecule has 0 saturated heterocycles. The molecule has 8 heteroatoms. The van der Waals surface area contributed by atoms with Crippen molar-refractivity contribution >= 4 is 6.29 Å². The van der Waals surface area contributed by atoms with E-state index in [9.17, 15) is 22.8 Å². The second kappa shape index (κ2) is 6.29. The third kappa shape index (κ3) is 2.94. The summed E-state index contributed by atoms with van der Waals surface area (Å²) in [5.74, 6) is 0. The average molecular weight is 361 g/mol. The monoisotopic (exact) mass is 361 g/mol. The number of hydrogen-bond acceptors (Lipinski definition) is 3. The first kappa shape index (κ1) is 17.7. The highest BCUT2D eigenvalue weighted by molar-refractivity contribution is 5.79. The lowest BCUT2D eigenvalue weighted by atomic mass is 10.1. The summed E-state index contributed by atoms with van der Waals surface area (Å²) >= 11 is 0. The van der Waals surface area contributed by atoms with Crippen LogP contribution in [0.25, 0.3) is 16.9 Å². The molecule has 0 saturated carbocycles. The Balaban J connectivity index is 2.33. The summed E-state index contributed by atoms with van der Waals surface area (Å²) in [6, 6.07) is 7.54. The van der Waals surface area contributed by atoms with Crippen molar-refractivity contribution in [3.8, 4) is 16.9 Å². The van der Waals surface area contributed by atoms with Crippen molar-refractivity contribution in [1.29, 1.82) is 0 Å². The van der Waals surface area contributed by atoms with Gasteiger partial charge in [0.15, 0.2) is 6.29 Å². The van der Waals surface area contributed by atoms with Crippen molar-refractivity contribution in [2.24, 2.45) is 7.05 Å². The number of nitrogens with zero attached hydrogens (tertiary/aromatic N) is 3. The molecule has 0 atom stereocenters. The van der Waals surface area contributed by atoms with E-state index in [-0.39, 0.29) is 11.3 Å². The zero-order valence-electron chi connectivity index (χ0n) is 13.9. The fourth-order valence-corrected chi connectivity index (χ4v) is 2.84. The van der Waals surface area contributed by atoms with Crippen LogP contribution in [0.1, 0.15) is 21.6 Å². The number of pyridine rings is 1. The van der Waals surface area contributed by atoms with Crippen molar-refractivity contribution in [3.63, 3.8) is 0 Å². The largest absolute Gasteiger partial charge is 0.416 e. The molecule has 0 aliphatic heterocycles. The SMILES string of the molecule is Cc1c(-c2ccnn2C)cc(C=O)c(=O)n1-c1cccc(C(F)(F)F)c1. The molecule has 2 aromatic heterocycles. The van der Waals surface area contributed by atoms with E-state index in [1.807, 2.05) is 0 Å². The number of aldehydes is 1. The maximum Gasteiger partial charge on any atom is 0.416 e. The molecule has 0 fully saturated rings. The normalized spacial score (nSPS) is 11.6. The highest BCUT2D eigenvalue weighted by Crippen LogP contribution is 2.31. The Kier molecular flexibility index (Phi) is 4.27. The maximum absolute atomic E-state index is 13.0. The Morgan fingerprint density at radius 3 is 2.46 bits per heavy atom. The Morgan fingerprint density at radius 1 is 1.15 bits per heavy atom. The van der Waals surface area contributed by atoms with Crippen molar-refractivity contribution in [2.75, 3.05) is 0 Å². The second-order valence-electron chi connectivity index (χ2n) is 5.75. The van der Waals surface area contributed by atoms with Gasteiger partial charge < -0.3 is 0 Å². The van der Waals surface area contributed by atoms with Gasteiger partial charge in [-0.3, -0.25) is 18.8 Å². The number of carbonyl (C=O) groups is 1. The van der Waals surface area contributed by atoms with Gasteiger partial charge in [0, 0.05) is 30.2 Å². The van der Waals surface area contributed by atoms with Crippen LogP contribution < -0.4 is 5.56 Å². The van der Waals surface area contributed by atoms with Gasteiger partial charge in [-0.05, 0) is 37.3 Å². The Labute approximate surface area is 146 Å². The molecule has 0 unspecified atom stereocenters. The minimum absolute atomic E-state index is 0.0365. The molecule has 3 rings (SSSR count). The van der Waals surface area contributed by atoms with Gasteiger partial charge in [-0.1, -0.05) is 6.07 Å². The smallest absolute Gasteiger partial charge is 0.298 e. The molecule has 5 nitrogen and oxygen atoms in total. The predicted molar refractivity (Wildman–Crippen MR) is 89.4 cm³/mol. The summed E-state index contributed by atoms with van der Waals surface area (Å²) in [5.41, 5.74) is -0.0970. The zero-order chi connectivity index (χ0) is 19.1. The predicted octanol–water partition coefficient (Wildman–Crippen LogP) is 3.38. The molecule has 0 aliphatic rings. The van der Waals surface area contributed by atoms with E-state index < -0.39 is 17.3 Å². The molecule has 0 N–H and O–H groups in total. The fourth-order valence-electron chi connectivity index (χ4n) is 2.84. The van der Waals surface area contributed by atoms with E-state index in [0.717, 1.165) is 16.7 Å². The average Bonchev–Trinajstić information content (AvgIpc) is 3.01. The number of aromatic nitrogens is 3. The number of rotatable bonds is 3. The lowest BCUT2D eigenvalue weighted by Gasteiger charge is -2.17. The Morgan fingerprint density at radius 2 is 1.88 bits per heavy atom. The molecule has 134 valence electrons. The molecular weight excluding hydrogens is 347 g/mol. The summed E-state index contributed by atoms with van der Waals surface area (Å²) in [6.07, 6.45) is -2.60. The van der Waals surface area contributed by atoms with Gasteiger partial charge in [-0.25, -0.2) is 0 Å². The molecule has 26 heavy (non-hydrogen) atoms. The van der Waals surface area contributed by atoms with Crippen LogP contribution in [0.5, 0.6) is 0 Å². The standard InChI is InChI=1S/C18H14F3N3O2/c1-11-15(16-6-7-22-23(16)2)8-12(10-25)17(26)24(11)14-5-3-4-13(9-14)18(19,20)21/h3-10H,1-2H3. The summed E-state index contributed by atoms with van der Waals surface area (Å²) < 4.78 is 41.8. The first-order chi connectivity index (χ1) is 12.2. The Hall–Kier alpha value is -3.16. The van der Waals surface area contributed by atoms with Crippen molar-refractivity contribution < 1.29 is 18.0 Å². The van der Waals surface area contributed by atoms with Crippen LogP contribution in [0.4, 0.5) is 13.2 Å². The molecule has 0 radical (unpaired) electrons. The summed E-state index contributed by atoms with van der Waals surface area (Å²) in [4.78, 5) is 24.0. The van der Waals surface area contributed by atoms with Crippen LogP contribution in [0.2, 0.25) is 0 Å². The molecular formula is C18H14F3N3O2. The molecule has 0 aliphatic carbocycles. The minimum atomic E-state index is -4.54. The van der Waals surface area contributed by atoms with Gasteiger partial charge in [0.1, 0.15) is 0 Å². The molecule has 2 heterocycles. The third-order valence-electron chi connectivity index (χ3n) is 4.13. The van der Waals surface area contributed by atoms with Crippen molar-refractivity contribution in [2.45, 2.75) is 13.1 Å². The van der Waals surface area contributed by atoms with Gasteiger partial charge in [0.2, 0.25) is 0 Å². The van der Waals surface area contributed by atoms with Gasteiger partial charge in [-0.15, -0.1) is 0 Å². The molecule has 0 spiro atoms. The quantitative estimate of drug-likeness (QED) is 0.672. The molecule has 1 aromatic carbocycles. The van der Waals surface area contributed by atoms with Crippen LogP contribution in [0.15, 0.2) is 47.4 Å². The van der Waals surface area contributed by atoms with E-state index in [1.54, 1.807) is 30.9 Å². The zero-order valence-corrected chi connectivity index (χ0v) is 13.9. The number of hydrogen-bond donors (Lipinski definition) is 0. The first-order valence-electron chi connectivity index (χ1n) is 7.62. The van der Waals surface area contributed by atoms with Crippen LogP contribution in [-0.2, 0) is 13.2 Å². The van der Waals surface area contributed by atoms with Crippen molar-refractivity contribution in [3.05, 3.63) is 69.8 Å². The number of halogens is 3. The number of aryl methyl sites for hydroxylation is 1. The van der Waals surface area contributed by atoms with E-state index in [1.165, 1.54) is 18.2 Å². The van der Waals surface area contributed by atoms with Gasteiger partial charge in [-0.2, -0.15) is 18.3 Å². The summed E-state index contributed by atoms with van der Waals surface area (Å²) in [5, 5.41) is 4.05. The lowest BCUT2D eigenvalue weighted by Crippen LogP contribution is -2.25. The van der Waals surface area contributed by atoms with Crippen LogP contribution in [0, 0.1) is 6.92 Å². The second-order valence-corrected chi connectivity index (χ2v) is 5.75. The van der Waals surface area contributed by atoms with Crippen LogP contribution in [-0.4, -0.2) is 20.6 Å². The lowest BCUT2D eigenvalue weighted by molar-refractivity contribution is -0.137. The fraction of sp³-hybridized carbons (Fsp3) is 0.167. The molecule has 3 aromatic rings. The Bertz CT molecular complexity index is 1050. The topological polar surface area (TPSA) is 56.9 Å². The highest BCUT2D eigenvalue weighted by atomic mass is 19.4. The minimum Gasteiger partial charge on any atom is -0.298 e. The van der Waals surface area contributed by atoms with E-state index in [2.05, 4.69) is 5.10 Å². The molecule has 0 amide bonds. The van der Waals surface area contributed by atoms with E-state index >= 15 is 0 Å². The number of alkyl halides is 3. The summed E-state index contributed by atoms with van der Waals surface area (Å²) in [7, 11) is 1.69. The van der Waals surface area contributed by atoms with Crippen molar-refractivity contribution in [1.82, 2.24) is 14.3 Å². The van der Waals surface area contributed by atoms with Gasteiger partial charge in [0.05, 0.1) is 16.8 Å².